The van der Waals surface area contributed by atoms with E-state index < -0.39 is 284 Å². The molecule has 25 N–H and O–H groups in total. The van der Waals surface area contributed by atoms with E-state index in [4.69, 9.17) is 66.3 Å². The van der Waals surface area contributed by atoms with Crippen LogP contribution in [0.25, 0.3) is 0 Å². The SMILES string of the molecule is CC(CCC(OC1OC(COC2OC(COC3OC(CO)C(O)C(O)C3O)C(O)C(O)C2O)C(O)C(O)C1O)C(C)(C)O)C1CCC2(C)C3CC=C4C(CCC(O)C4(C)COC4OC(COC5OC(CO)C(O)C(O)C5O)C(O)C(O)C4OC4OC(CO)C(OC5OC(CO)C(O)C(O)C5O)C(O)C4O)C3(C)CCC12C. The van der Waals surface area contributed by atoms with Gasteiger partial charge in [0.2, 0.25) is 0 Å². The maximum Gasteiger partial charge on any atom is 0.187 e. The summed E-state index contributed by atoms with van der Waals surface area (Å²) in [6.07, 6.45) is -56.5. The minimum atomic E-state index is -2.13. The third-order valence-corrected chi connectivity index (χ3v) is 27.1. The Labute approximate surface area is 640 Å². The molecule has 0 aromatic heterocycles. The predicted molar refractivity (Wildman–Crippen MR) is 366 cm³/mol. The van der Waals surface area contributed by atoms with Crippen LogP contribution in [0.2, 0.25) is 0 Å². The van der Waals surface area contributed by atoms with E-state index in [9.17, 15) is 128 Å². The fourth-order valence-electron chi connectivity index (χ4n) is 19.8. The number of hydrogen-bond donors (Lipinski definition) is 25. The fourth-order valence-corrected chi connectivity index (χ4v) is 19.8. The number of ether oxygens (including phenoxy) is 14. The first-order chi connectivity index (χ1) is 52.2. The average molecular weight is 1610 g/mol. The monoisotopic (exact) mass is 1610 g/mol. The van der Waals surface area contributed by atoms with Crippen LogP contribution in [0.3, 0.4) is 0 Å². The highest BCUT2D eigenvalue weighted by atomic mass is 16.8. The molecule has 0 bridgehead atoms. The molecule has 7 saturated heterocycles. The minimum Gasteiger partial charge on any atom is -0.394 e. The van der Waals surface area contributed by atoms with E-state index in [-0.39, 0.29) is 52.9 Å². The Morgan fingerprint density at radius 2 is 0.793 bits per heavy atom. The largest absolute Gasteiger partial charge is 0.394 e. The van der Waals surface area contributed by atoms with Crippen LogP contribution in [0, 0.1) is 45.3 Å². The Morgan fingerprint density at radius 1 is 0.405 bits per heavy atom. The van der Waals surface area contributed by atoms with Crippen LogP contribution in [-0.2, 0) is 66.3 Å². The molecule has 0 aromatic carbocycles. The zero-order valence-corrected chi connectivity index (χ0v) is 63.2. The molecule has 39 nitrogen and oxygen atoms in total. The highest BCUT2D eigenvalue weighted by Crippen LogP contribution is 2.75. The lowest BCUT2D eigenvalue weighted by molar-refractivity contribution is -0.387. The van der Waals surface area contributed by atoms with Crippen molar-refractivity contribution in [2.75, 3.05) is 52.9 Å². The van der Waals surface area contributed by atoms with Gasteiger partial charge < -0.3 is 194 Å². The average Bonchev–Trinajstić information content (AvgIpc) is 1.63. The van der Waals surface area contributed by atoms with Gasteiger partial charge in [-0.3, -0.25) is 0 Å². The highest BCUT2D eigenvalue weighted by molar-refractivity contribution is 5.31. The van der Waals surface area contributed by atoms with Crippen LogP contribution in [0.4, 0.5) is 0 Å². The third-order valence-electron chi connectivity index (χ3n) is 27.1. The molecule has 0 radical (unpaired) electrons. The standard InChI is InChI=1S/C72H122O39/c1-26(8-13-39(68(2,3)97)109-64-56(94)50(88)44(82)35(107-64)23-100-63-55(93)49(87)43(81)34(106-63)22-98-61-53(91)46(84)40(78)30(18-73)102-61)27-14-15-72(7)37-11-9-29-28(69(37,4)16-17-71(27,72)6)10-12-38(77)70(29,5)25-101-67-60(51(89)45(83)36(108-67)24-99-62-54(92)47(85)41(79)31(19-74)103-62)111-66-58(96)52(90)59(33(21-76)105-66)110-65-57(95)48(86)42(80)32(20-75)104-65/h9,26-28,30-67,73-97H,8,10-25H2,1-7H3. The minimum absolute atomic E-state index is 0.0287. The number of aliphatic hydroxyl groups is 25. The van der Waals surface area contributed by atoms with Gasteiger partial charge in [-0.15, -0.1) is 0 Å². The molecule has 4 aliphatic carbocycles. The van der Waals surface area contributed by atoms with Crippen LogP contribution in [0.1, 0.15) is 106 Å². The van der Waals surface area contributed by atoms with Crippen LogP contribution < -0.4 is 0 Å². The highest BCUT2D eigenvalue weighted by Gasteiger charge is 2.68. The van der Waals surface area contributed by atoms with Crippen molar-refractivity contribution in [1.82, 2.24) is 0 Å². The van der Waals surface area contributed by atoms with Gasteiger partial charge in [-0.2, -0.15) is 0 Å². The van der Waals surface area contributed by atoms with Crippen molar-refractivity contribution in [2.45, 2.75) is 339 Å². The quantitative estimate of drug-likeness (QED) is 0.0340. The van der Waals surface area contributed by atoms with E-state index in [0.717, 1.165) is 31.3 Å². The lowest BCUT2D eigenvalue weighted by atomic mass is 9.39. The molecule has 0 aromatic rings. The van der Waals surface area contributed by atoms with Crippen LogP contribution in [0.5, 0.6) is 0 Å². The number of aliphatic hydroxyl groups excluding tert-OH is 24. The zero-order chi connectivity index (χ0) is 81.4. The summed E-state index contributed by atoms with van der Waals surface area (Å²) in [6.45, 7) is 8.35. The van der Waals surface area contributed by atoms with Crippen molar-refractivity contribution in [3.05, 3.63) is 11.6 Å². The predicted octanol–water partition coefficient (Wildman–Crippen LogP) is -9.76. The second kappa shape index (κ2) is 35.9. The summed E-state index contributed by atoms with van der Waals surface area (Å²) in [7, 11) is 0. The molecule has 111 heavy (non-hydrogen) atoms. The van der Waals surface area contributed by atoms with Gasteiger partial charge in [-0.1, -0.05) is 46.3 Å². The molecule has 11 rings (SSSR count). The van der Waals surface area contributed by atoms with Gasteiger partial charge in [0.1, 0.15) is 171 Å². The Morgan fingerprint density at radius 3 is 1.27 bits per heavy atom. The van der Waals surface area contributed by atoms with Crippen LogP contribution in [-0.4, -0.2) is 413 Å². The molecule has 39 heteroatoms. The number of rotatable bonds is 27. The van der Waals surface area contributed by atoms with Crippen molar-refractivity contribution < 1.29 is 194 Å². The summed E-state index contributed by atoms with van der Waals surface area (Å²) in [4.78, 5) is 0. The maximum atomic E-state index is 12.3. The van der Waals surface area contributed by atoms with Gasteiger partial charge in [-0.25, -0.2) is 0 Å². The van der Waals surface area contributed by atoms with E-state index in [2.05, 4.69) is 33.8 Å². The molecule has 45 unspecified atom stereocenters. The van der Waals surface area contributed by atoms with Gasteiger partial charge in [0, 0.05) is 5.41 Å². The molecule has 7 aliphatic heterocycles. The molecule has 10 fully saturated rings. The van der Waals surface area contributed by atoms with Crippen molar-refractivity contribution in [3.63, 3.8) is 0 Å². The van der Waals surface area contributed by atoms with Crippen molar-refractivity contribution >= 4 is 0 Å². The van der Waals surface area contributed by atoms with Gasteiger partial charge >= 0.3 is 0 Å². The second-order valence-corrected chi connectivity index (χ2v) is 34.2. The van der Waals surface area contributed by atoms with Gasteiger partial charge in [0.25, 0.3) is 0 Å². The molecule has 644 valence electrons. The first kappa shape index (κ1) is 90.0. The molecular weight excluding hydrogens is 1490 g/mol. The van der Waals surface area contributed by atoms with E-state index in [0.29, 0.717) is 25.7 Å². The zero-order valence-electron chi connectivity index (χ0n) is 63.2. The molecule has 3 saturated carbocycles. The molecular formula is C72H122O39. The first-order valence-corrected chi connectivity index (χ1v) is 38.6. The van der Waals surface area contributed by atoms with Crippen LogP contribution in [0.15, 0.2) is 11.6 Å². The van der Waals surface area contributed by atoms with Crippen molar-refractivity contribution in [1.29, 1.82) is 0 Å². The van der Waals surface area contributed by atoms with E-state index in [1.807, 2.05) is 6.92 Å². The van der Waals surface area contributed by atoms with E-state index in [1.54, 1.807) is 0 Å². The first-order valence-electron chi connectivity index (χ1n) is 38.6. The second-order valence-electron chi connectivity index (χ2n) is 34.2. The lowest BCUT2D eigenvalue weighted by Crippen LogP contribution is -2.67. The summed E-state index contributed by atoms with van der Waals surface area (Å²) >= 11 is 0. The Bertz CT molecular complexity index is 2990. The van der Waals surface area contributed by atoms with E-state index >= 15 is 0 Å². The summed E-state index contributed by atoms with van der Waals surface area (Å²) in [5.41, 5.74) is -2.66. The van der Waals surface area contributed by atoms with Crippen molar-refractivity contribution in [3.8, 4) is 0 Å². The van der Waals surface area contributed by atoms with Crippen molar-refractivity contribution in [2.24, 2.45) is 45.3 Å². The lowest BCUT2D eigenvalue weighted by Gasteiger charge is -2.66. The van der Waals surface area contributed by atoms with Gasteiger partial charge in [0.15, 0.2) is 44.0 Å². The Kier molecular flexibility index (Phi) is 29.1. The fraction of sp³-hybridized carbons (Fsp3) is 0.972. The Hall–Kier alpha value is -1.82. The number of fused-ring (bicyclic) bond motifs is 5. The summed E-state index contributed by atoms with van der Waals surface area (Å²) in [6, 6.07) is 0. The molecule has 7 heterocycles. The third kappa shape index (κ3) is 17.2. The molecule has 0 amide bonds. The summed E-state index contributed by atoms with van der Waals surface area (Å²) in [5, 5.41) is 271. The summed E-state index contributed by atoms with van der Waals surface area (Å²) < 4.78 is 82.3. The van der Waals surface area contributed by atoms with Gasteiger partial charge in [-0.05, 0) is 112 Å². The molecule has 45 atom stereocenters. The smallest absolute Gasteiger partial charge is 0.187 e. The van der Waals surface area contributed by atoms with E-state index in [1.165, 1.54) is 13.8 Å². The Balaban J connectivity index is 0.752. The topological polar surface area (TPSA) is 635 Å². The normalized spacial score (nSPS) is 52.5. The molecule has 0 spiro atoms. The number of allylic oxidation sites excluding steroid dienone is 1. The summed E-state index contributed by atoms with van der Waals surface area (Å²) in [5.74, 6) is 0.210. The molecule has 11 aliphatic rings. The maximum absolute atomic E-state index is 12.3. The van der Waals surface area contributed by atoms with Crippen LogP contribution >= 0.6 is 0 Å². The van der Waals surface area contributed by atoms with Gasteiger partial charge in [0.05, 0.1) is 70.7 Å². The number of hydrogen-bond acceptors (Lipinski definition) is 39.